The highest BCUT2D eigenvalue weighted by Gasteiger charge is 2.24. The summed E-state index contributed by atoms with van der Waals surface area (Å²) in [6.45, 7) is 10.3. The molecule has 0 N–H and O–H groups in total. The Morgan fingerprint density at radius 3 is 2.72 bits per heavy atom. The Morgan fingerprint density at radius 1 is 1.39 bits per heavy atom. The van der Waals surface area contributed by atoms with Gasteiger partial charge in [0.05, 0.1) is 11.6 Å². The molecule has 2 nitrogen and oxygen atoms in total. The van der Waals surface area contributed by atoms with Gasteiger partial charge >= 0.3 is 0 Å². The fourth-order valence-electron chi connectivity index (χ4n) is 2.19. The van der Waals surface area contributed by atoms with E-state index in [-0.39, 0.29) is 5.41 Å². The molecule has 0 bridgehead atoms. The molecular weight excluding hydrogens is 242 g/mol. The number of nitrogens with zero attached hydrogens (tertiary/aromatic N) is 1. The molecule has 0 unspecified atom stereocenters. The van der Waals surface area contributed by atoms with Crippen molar-refractivity contribution in [2.24, 2.45) is 5.41 Å². The first kappa shape index (κ1) is 13.3. The summed E-state index contributed by atoms with van der Waals surface area (Å²) in [6, 6.07) is 6.38. The van der Waals surface area contributed by atoms with E-state index in [4.69, 9.17) is 17.0 Å². The lowest BCUT2D eigenvalue weighted by Crippen LogP contribution is -2.38. The van der Waals surface area contributed by atoms with Crippen LogP contribution in [0.1, 0.15) is 33.3 Å². The SMILES string of the molecule is CCN(C(=S)C(C)(C)C)c1ccc2c(c1)CCO2. The first-order valence-electron chi connectivity index (χ1n) is 6.51. The molecule has 0 aliphatic carbocycles. The van der Waals surface area contributed by atoms with Gasteiger partial charge in [-0.2, -0.15) is 0 Å². The van der Waals surface area contributed by atoms with Crippen LogP contribution in [-0.4, -0.2) is 18.1 Å². The minimum Gasteiger partial charge on any atom is -0.493 e. The van der Waals surface area contributed by atoms with Crippen molar-refractivity contribution in [1.29, 1.82) is 0 Å². The van der Waals surface area contributed by atoms with Gasteiger partial charge in [-0.05, 0) is 30.7 Å². The molecule has 0 radical (unpaired) electrons. The number of fused-ring (bicyclic) bond motifs is 1. The monoisotopic (exact) mass is 263 g/mol. The van der Waals surface area contributed by atoms with Gasteiger partial charge < -0.3 is 9.64 Å². The smallest absolute Gasteiger partial charge is 0.122 e. The predicted octanol–water partition coefficient (Wildman–Crippen LogP) is 3.82. The van der Waals surface area contributed by atoms with Gasteiger partial charge in [-0.15, -0.1) is 0 Å². The molecule has 0 saturated carbocycles. The Balaban J connectivity index is 2.31. The van der Waals surface area contributed by atoms with Crippen LogP contribution in [0, 0.1) is 5.41 Å². The van der Waals surface area contributed by atoms with Crippen LogP contribution < -0.4 is 9.64 Å². The summed E-state index contributed by atoms with van der Waals surface area (Å²) in [7, 11) is 0. The molecule has 3 heteroatoms. The normalized spacial score (nSPS) is 14.0. The molecule has 1 aromatic carbocycles. The maximum Gasteiger partial charge on any atom is 0.122 e. The average Bonchev–Trinajstić information content (AvgIpc) is 2.76. The molecule has 0 atom stereocenters. The quantitative estimate of drug-likeness (QED) is 0.753. The fourth-order valence-corrected chi connectivity index (χ4v) is 2.42. The van der Waals surface area contributed by atoms with Crippen LogP contribution in [0.25, 0.3) is 0 Å². The van der Waals surface area contributed by atoms with Gasteiger partial charge in [-0.3, -0.25) is 0 Å². The molecule has 1 aliphatic rings. The van der Waals surface area contributed by atoms with Crippen LogP contribution in [0.4, 0.5) is 5.69 Å². The summed E-state index contributed by atoms with van der Waals surface area (Å²) in [5, 5.41) is 0. The molecule has 0 fully saturated rings. The third kappa shape index (κ3) is 2.51. The number of hydrogen-bond donors (Lipinski definition) is 0. The lowest BCUT2D eigenvalue weighted by molar-refractivity contribution is 0.357. The van der Waals surface area contributed by atoms with Gasteiger partial charge in [0.2, 0.25) is 0 Å². The summed E-state index contributed by atoms with van der Waals surface area (Å²) >= 11 is 5.62. The van der Waals surface area contributed by atoms with Crippen molar-refractivity contribution in [3.05, 3.63) is 23.8 Å². The van der Waals surface area contributed by atoms with Crippen molar-refractivity contribution < 1.29 is 4.74 Å². The molecule has 98 valence electrons. The lowest BCUT2D eigenvalue weighted by atomic mass is 9.95. The van der Waals surface area contributed by atoms with Crippen molar-refractivity contribution >= 4 is 22.9 Å². The van der Waals surface area contributed by atoms with Crippen molar-refractivity contribution in [3.8, 4) is 5.75 Å². The molecule has 1 aliphatic heterocycles. The fraction of sp³-hybridized carbons (Fsp3) is 0.533. The number of benzene rings is 1. The number of ether oxygens (including phenoxy) is 1. The number of thiocarbonyl (C=S) groups is 1. The zero-order valence-electron chi connectivity index (χ0n) is 11.6. The van der Waals surface area contributed by atoms with Crippen molar-refractivity contribution in [1.82, 2.24) is 0 Å². The Bertz CT molecular complexity index is 462. The van der Waals surface area contributed by atoms with Crippen LogP contribution in [0.5, 0.6) is 5.75 Å². The molecule has 0 aromatic heterocycles. The first-order valence-corrected chi connectivity index (χ1v) is 6.92. The highest BCUT2D eigenvalue weighted by atomic mass is 32.1. The van der Waals surface area contributed by atoms with Gasteiger partial charge in [0.15, 0.2) is 0 Å². The average molecular weight is 263 g/mol. The van der Waals surface area contributed by atoms with Crippen LogP contribution >= 0.6 is 12.2 Å². The summed E-state index contributed by atoms with van der Waals surface area (Å²) < 4.78 is 5.54. The summed E-state index contributed by atoms with van der Waals surface area (Å²) in [5.74, 6) is 1.02. The standard InChI is InChI=1S/C15H21NOS/c1-5-16(14(18)15(2,3)4)12-6-7-13-11(10-12)8-9-17-13/h6-7,10H,5,8-9H2,1-4H3. The van der Waals surface area contributed by atoms with Crippen LogP contribution in [0.15, 0.2) is 18.2 Å². The minimum absolute atomic E-state index is 0.0147. The van der Waals surface area contributed by atoms with Gasteiger partial charge in [0, 0.05) is 24.1 Å². The van der Waals surface area contributed by atoms with Gasteiger partial charge in [-0.1, -0.05) is 33.0 Å². The van der Waals surface area contributed by atoms with Crippen molar-refractivity contribution in [3.63, 3.8) is 0 Å². The Hall–Kier alpha value is -1.09. The van der Waals surface area contributed by atoms with Crippen molar-refractivity contribution in [2.75, 3.05) is 18.1 Å². The van der Waals surface area contributed by atoms with E-state index >= 15 is 0 Å². The van der Waals surface area contributed by atoms with Gasteiger partial charge in [0.1, 0.15) is 5.75 Å². The predicted molar refractivity (Wildman–Crippen MR) is 80.7 cm³/mol. The zero-order valence-corrected chi connectivity index (χ0v) is 12.4. The molecule has 0 amide bonds. The maximum absolute atomic E-state index is 5.62. The van der Waals surface area contributed by atoms with E-state index < -0.39 is 0 Å². The topological polar surface area (TPSA) is 12.5 Å². The van der Waals surface area contributed by atoms with E-state index in [1.165, 1.54) is 11.3 Å². The van der Waals surface area contributed by atoms with Crippen LogP contribution in [0.3, 0.4) is 0 Å². The van der Waals surface area contributed by atoms with Gasteiger partial charge in [0.25, 0.3) is 0 Å². The molecule has 2 rings (SSSR count). The second kappa shape index (κ2) is 4.88. The third-order valence-electron chi connectivity index (χ3n) is 3.19. The Morgan fingerprint density at radius 2 is 2.11 bits per heavy atom. The van der Waals surface area contributed by atoms with Crippen LogP contribution in [0.2, 0.25) is 0 Å². The van der Waals surface area contributed by atoms with E-state index in [1.807, 2.05) is 0 Å². The van der Waals surface area contributed by atoms with Gasteiger partial charge in [-0.25, -0.2) is 0 Å². The summed E-state index contributed by atoms with van der Waals surface area (Å²) in [5.41, 5.74) is 2.49. The lowest BCUT2D eigenvalue weighted by Gasteiger charge is -2.32. The van der Waals surface area contributed by atoms with Crippen LogP contribution in [-0.2, 0) is 6.42 Å². The molecule has 0 saturated heterocycles. The zero-order chi connectivity index (χ0) is 13.3. The largest absolute Gasteiger partial charge is 0.493 e. The minimum atomic E-state index is 0.0147. The molecule has 1 heterocycles. The highest BCUT2D eigenvalue weighted by molar-refractivity contribution is 7.80. The molecular formula is C15H21NOS. The number of rotatable bonds is 2. The summed E-state index contributed by atoms with van der Waals surface area (Å²) in [6.07, 6.45) is 1.00. The van der Waals surface area contributed by atoms with E-state index in [1.54, 1.807) is 0 Å². The number of anilines is 1. The maximum atomic E-state index is 5.62. The van der Waals surface area contributed by atoms with Crippen molar-refractivity contribution in [2.45, 2.75) is 34.1 Å². The second-order valence-corrected chi connectivity index (χ2v) is 6.08. The molecule has 1 aromatic rings. The number of hydrogen-bond acceptors (Lipinski definition) is 2. The third-order valence-corrected chi connectivity index (χ3v) is 4.02. The van der Waals surface area contributed by atoms with E-state index in [9.17, 15) is 0 Å². The molecule has 18 heavy (non-hydrogen) atoms. The highest BCUT2D eigenvalue weighted by Crippen LogP contribution is 2.31. The molecule has 0 spiro atoms. The second-order valence-electron chi connectivity index (χ2n) is 5.69. The Kier molecular flexibility index (Phi) is 3.62. The van der Waals surface area contributed by atoms with E-state index in [0.29, 0.717) is 0 Å². The summed E-state index contributed by atoms with van der Waals surface area (Å²) in [4.78, 5) is 3.21. The first-order chi connectivity index (χ1) is 8.43. The van der Waals surface area contributed by atoms with E-state index in [0.717, 1.165) is 30.3 Å². The Labute approximate surface area is 115 Å². The van der Waals surface area contributed by atoms with E-state index in [2.05, 4.69) is 50.8 Å².